The molecule has 5 heteroatoms. The van der Waals surface area contributed by atoms with E-state index in [0.717, 1.165) is 35.3 Å². The maximum Gasteiger partial charge on any atom is 0.134 e. The first-order chi connectivity index (χ1) is 13.8. The van der Waals surface area contributed by atoms with Crippen LogP contribution in [0, 0.1) is 0 Å². The highest BCUT2D eigenvalue weighted by molar-refractivity contribution is 6.24. The fourth-order valence-electron chi connectivity index (χ4n) is 4.23. The van der Waals surface area contributed by atoms with E-state index in [9.17, 15) is 0 Å². The summed E-state index contributed by atoms with van der Waals surface area (Å²) in [4.78, 5) is 7.18. The Morgan fingerprint density at radius 2 is 1.89 bits per heavy atom. The molecule has 1 aliphatic heterocycles. The Morgan fingerprint density at radius 1 is 1.04 bits per heavy atom. The van der Waals surface area contributed by atoms with Crippen LogP contribution in [0.4, 0.5) is 5.82 Å². The normalized spacial score (nSPS) is 14.2. The zero-order valence-corrected chi connectivity index (χ0v) is 16.5. The lowest BCUT2D eigenvalue weighted by atomic mass is 10.0. The van der Waals surface area contributed by atoms with Gasteiger partial charge < -0.3 is 19.5 Å². The van der Waals surface area contributed by atoms with E-state index < -0.39 is 0 Å². The third kappa shape index (κ3) is 2.87. The van der Waals surface area contributed by atoms with Crippen molar-refractivity contribution in [1.82, 2.24) is 14.5 Å². The quantitative estimate of drug-likeness (QED) is 0.385. The standard InChI is InChI=1S/C23H26N4O/c1-26-18-8-4-3-7-16(18)21-19(26)15-20(28-2)17-9-11-25-23(22(17)21)24-10-5-6-12-27-13-14-27/h3-4,7-9,11,15H,5-6,10,12-14H2,1-2H3,(H,24,25). The van der Waals surface area contributed by atoms with Crippen molar-refractivity contribution in [2.24, 2.45) is 7.05 Å². The van der Waals surface area contributed by atoms with Crippen molar-refractivity contribution >= 4 is 38.4 Å². The fraction of sp³-hybridized carbons (Fsp3) is 0.348. The molecule has 0 saturated carbocycles. The van der Waals surface area contributed by atoms with Crippen molar-refractivity contribution in [2.45, 2.75) is 12.8 Å². The third-order valence-corrected chi connectivity index (χ3v) is 5.84. The Morgan fingerprint density at radius 3 is 2.71 bits per heavy atom. The number of nitrogens with zero attached hydrogens (tertiary/aromatic N) is 3. The minimum absolute atomic E-state index is 0.889. The number of aryl methyl sites for hydroxylation is 1. The molecule has 5 nitrogen and oxygen atoms in total. The minimum Gasteiger partial charge on any atom is -0.496 e. The molecule has 5 rings (SSSR count). The summed E-state index contributed by atoms with van der Waals surface area (Å²) in [6.45, 7) is 4.70. The van der Waals surface area contributed by atoms with E-state index in [4.69, 9.17) is 9.72 Å². The van der Waals surface area contributed by atoms with E-state index in [1.807, 2.05) is 6.20 Å². The Balaban J connectivity index is 1.63. The second kappa shape index (κ2) is 6.99. The van der Waals surface area contributed by atoms with E-state index in [-0.39, 0.29) is 0 Å². The first kappa shape index (κ1) is 17.3. The summed E-state index contributed by atoms with van der Waals surface area (Å²) in [5.41, 5.74) is 2.39. The molecule has 0 atom stereocenters. The predicted octanol–water partition coefficient (Wildman–Crippen LogP) is 4.40. The van der Waals surface area contributed by atoms with Crippen molar-refractivity contribution in [2.75, 3.05) is 38.6 Å². The van der Waals surface area contributed by atoms with Gasteiger partial charge >= 0.3 is 0 Å². The van der Waals surface area contributed by atoms with Crippen molar-refractivity contribution in [1.29, 1.82) is 0 Å². The molecule has 28 heavy (non-hydrogen) atoms. The lowest BCUT2D eigenvalue weighted by Gasteiger charge is -2.13. The number of fused-ring (bicyclic) bond motifs is 5. The number of anilines is 1. The predicted molar refractivity (Wildman–Crippen MR) is 116 cm³/mol. The number of hydrogen-bond acceptors (Lipinski definition) is 4. The number of para-hydroxylation sites is 1. The molecule has 0 radical (unpaired) electrons. The summed E-state index contributed by atoms with van der Waals surface area (Å²) in [6, 6.07) is 12.8. The van der Waals surface area contributed by atoms with Crippen LogP contribution in [-0.2, 0) is 7.05 Å². The maximum atomic E-state index is 5.74. The Bertz CT molecular complexity index is 1160. The number of methoxy groups -OCH3 is 1. The van der Waals surface area contributed by atoms with Gasteiger partial charge in [0, 0.05) is 66.0 Å². The zero-order valence-electron chi connectivity index (χ0n) is 16.5. The molecule has 1 N–H and O–H groups in total. The number of hydrogen-bond donors (Lipinski definition) is 1. The SMILES string of the molecule is COc1cc2c(c3ccccc3n2C)c2c(NCCCCN3CC3)nccc12. The Kier molecular flexibility index (Phi) is 4.32. The molecule has 1 saturated heterocycles. The molecule has 3 heterocycles. The monoisotopic (exact) mass is 374 g/mol. The summed E-state index contributed by atoms with van der Waals surface area (Å²) in [5.74, 6) is 1.84. The Labute approximate surface area is 164 Å². The first-order valence-corrected chi connectivity index (χ1v) is 10.1. The summed E-state index contributed by atoms with van der Waals surface area (Å²) < 4.78 is 7.99. The average molecular weight is 374 g/mol. The van der Waals surface area contributed by atoms with Crippen LogP contribution in [0.1, 0.15) is 12.8 Å². The van der Waals surface area contributed by atoms with E-state index in [2.05, 4.69) is 58.2 Å². The van der Waals surface area contributed by atoms with Crippen LogP contribution in [0.25, 0.3) is 32.6 Å². The Hall–Kier alpha value is -2.79. The van der Waals surface area contributed by atoms with Crippen LogP contribution in [0.2, 0.25) is 0 Å². The zero-order chi connectivity index (χ0) is 19.1. The molecular weight excluding hydrogens is 348 g/mol. The molecule has 1 aliphatic rings. The highest BCUT2D eigenvalue weighted by Gasteiger charge is 2.18. The van der Waals surface area contributed by atoms with Gasteiger partial charge in [-0.2, -0.15) is 0 Å². The van der Waals surface area contributed by atoms with Gasteiger partial charge in [-0.15, -0.1) is 0 Å². The van der Waals surface area contributed by atoms with Gasteiger partial charge in [-0.25, -0.2) is 4.98 Å². The molecule has 2 aromatic carbocycles. The van der Waals surface area contributed by atoms with Crippen molar-refractivity contribution in [3.05, 3.63) is 42.6 Å². The van der Waals surface area contributed by atoms with E-state index in [1.54, 1.807) is 7.11 Å². The molecule has 0 bridgehead atoms. The van der Waals surface area contributed by atoms with Gasteiger partial charge in [0.15, 0.2) is 0 Å². The molecule has 4 aromatic rings. The van der Waals surface area contributed by atoms with Crippen LogP contribution < -0.4 is 10.1 Å². The molecule has 0 amide bonds. The summed E-state index contributed by atoms with van der Waals surface area (Å²) in [5, 5.41) is 8.36. The van der Waals surface area contributed by atoms with Gasteiger partial charge in [-0.3, -0.25) is 0 Å². The summed E-state index contributed by atoms with van der Waals surface area (Å²) in [6.07, 6.45) is 4.25. The van der Waals surface area contributed by atoms with Crippen molar-refractivity contribution in [3.8, 4) is 5.75 Å². The number of nitrogens with one attached hydrogen (secondary N) is 1. The molecule has 0 spiro atoms. The lowest BCUT2D eigenvalue weighted by molar-refractivity contribution is 0.420. The first-order valence-electron chi connectivity index (χ1n) is 10.1. The number of benzene rings is 2. The highest BCUT2D eigenvalue weighted by Crippen LogP contribution is 2.41. The maximum absolute atomic E-state index is 5.74. The summed E-state index contributed by atoms with van der Waals surface area (Å²) in [7, 11) is 3.86. The highest BCUT2D eigenvalue weighted by atomic mass is 16.5. The second-order valence-electron chi connectivity index (χ2n) is 7.61. The van der Waals surface area contributed by atoms with Gasteiger partial charge in [0.05, 0.1) is 12.6 Å². The van der Waals surface area contributed by atoms with Crippen molar-refractivity contribution < 1.29 is 4.74 Å². The van der Waals surface area contributed by atoms with E-state index >= 15 is 0 Å². The van der Waals surface area contributed by atoms with Gasteiger partial charge in [-0.1, -0.05) is 18.2 Å². The molecule has 0 aliphatic carbocycles. The van der Waals surface area contributed by atoms with Gasteiger partial charge in [0.2, 0.25) is 0 Å². The lowest BCUT2D eigenvalue weighted by Crippen LogP contribution is -2.07. The number of rotatable bonds is 7. The van der Waals surface area contributed by atoms with Crippen LogP contribution in [0.15, 0.2) is 42.6 Å². The number of unbranched alkanes of at least 4 members (excludes halogenated alkanes) is 1. The molecule has 2 aromatic heterocycles. The average Bonchev–Trinajstić information content (AvgIpc) is 3.51. The number of ether oxygens (including phenoxy) is 1. The van der Waals surface area contributed by atoms with Crippen LogP contribution in [0.3, 0.4) is 0 Å². The number of pyridine rings is 1. The minimum atomic E-state index is 0.889. The van der Waals surface area contributed by atoms with Gasteiger partial charge in [0.25, 0.3) is 0 Å². The summed E-state index contributed by atoms with van der Waals surface area (Å²) >= 11 is 0. The van der Waals surface area contributed by atoms with Crippen LogP contribution in [0.5, 0.6) is 5.75 Å². The van der Waals surface area contributed by atoms with Crippen LogP contribution in [-0.4, -0.2) is 47.7 Å². The van der Waals surface area contributed by atoms with Crippen molar-refractivity contribution in [3.63, 3.8) is 0 Å². The fourth-order valence-corrected chi connectivity index (χ4v) is 4.23. The van der Waals surface area contributed by atoms with E-state index in [0.29, 0.717) is 0 Å². The van der Waals surface area contributed by atoms with Crippen LogP contribution >= 0.6 is 0 Å². The van der Waals surface area contributed by atoms with Gasteiger partial charge in [-0.05, 0) is 31.5 Å². The number of aromatic nitrogens is 2. The molecule has 1 fully saturated rings. The van der Waals surface area contributed by atoms with Gasteiger partial charge in [0.1, 0.15) is 11.6 Å². The molecule has 144 valence electrons. The second-order valence-corrected chi connectivity index (χ2v) is 7.61. The van der Waals surface area contributed by atoms with E-state index in [1.165, 1.54) is 47.9 Å². The molecular formula is C23H26N4O. The third-order valence-electron chi connectivity index (χ3n) is 5.84. The largest absolute Gasteiger partial charge is 0.496 e. The smallest absolute Gasteiger partial charge is 0.134 e. The molecule has 0 unspecified atom stereocenters. The topological polar surface area (TPSA) is 42.1 Å².